The number of amides is 1. The van der Waals surface area contributed by atoms with E-state index >= 15 is 0 Å². The SMILES string of the molecule is O=C(c1cnn(Cc2ccccc2)c1)N1CCOc2ccc(Cl)cc2C1. The van der Waals surface area contributed by atoms with Crippen LogP contribution >= 0.6 is 11.6 Å². The molecule has 0 unspecified atom stereocenters. The van der Waals surface area contributed by atoms with Crippen LogP contribution in [0.5, 0.6) is 5.75 Å². The zero-order valence-electron chi connectivity index (χ0n) is 14.1. The minimum absolute atomic E-state index is 0.0549. The van der Waals surface area contributed by atoms with Crippen molar-refractivity contribution in [1.82, 2.24) is 14.7 Å². The number of nitrogens with zero attached hydrogens (tertiary/aromatic N) is 3. The maximum Gasteiger partial charge on any atom is 0.257 e. The van der Waals surface area contributed by atoms with Crippen molar-refractivity contribution >= 4 is 17.5 Å². The third-order valence-electron chi connectivity index (χ3n) is 4.36. The van der Waals surface area contributed by atoms with E-state index in [0.717, 1.165) is 16.9 Å². The van der Waals surface area contributed by atoms with Gasteiger partial charge in [-0.2, -0.15) is 5.10 Å². The number of rotatable bonds is 3. The van der Waals surface area contributed by atoms with Crippen LogP contribution in [0, 0.1) is 0 Å². The van der Waals surface area contributed by atoms with Crippen LogP contribution < -0.4 is 4.74 Å². The summed E-state index contributed by atoms with van der Waals surface area (Å²) in [6.45, 7) is 2.09. The first-order valence-corrected chi connectivity index (χ1v) is 8.84. The van der Waals surface area contributed by atoms with Gasteiger partial charge in [-0.25, -0.2) is 0 Å². The predicted molar refractivity (Wildman–Crippen MR) is 99.5 cm³/mol. The molecule has 0 spiro atoms. The summed E-state index contributed by atoms with van der Waals surface area (Å²) in [5.41, 5.74) is 2.63. The zero-order valence-corrected chi connectivity index (χ0v) is 14.9. The topological polar surface area (TPSA) is 47.4 Å². The van der Waals surface area contributed by atoms with Crippen molar-refractivity contribution < 1.29 is 9.53 Å². The standard InChI is InChI=1S/C20H18ClN3O2/c21-18-6-7-19-16(10-18)13-23(8-9-26-19)20(25)17-11-22-24(14-17)12-15-4-2-1-3-5-15/h1-7,10-11,14H,8-9,12-13H2. The Hall–Kier alpha value is -2.79. The zero-order chi connectivity index (χ0) is 17.9. The van der Waals surface area contributed by atoms with Gasteiger partial charge in [-0.05, 0) is 23.8 Å². The van der Waals surface area contributed by atoms with Crippen molar-refractivity contribution in [3.8, 4) is 5.75 Å². The summed E-state index contributed by atoms with van der Waals surface area (Å²) >= 11 is 6.08. The smallest absolute Gasteiger partial charge is 0.257 e. The van der Waals surface area contributed by atoms with E-state index in [1.807, 2.05) is 42.5 Å². The first-order chi connectivity index (χ1) is 12.7. The highest BCUT2D eigenvalue weighted by Gasteiger charge is 2.22. The van der Waals surface area contributed by atoms with Crippen LogP contribution in [0.1, 0.15) is 21.5 Å². The molecule has 4 rings (SSSR count). The Bertz CT molecular complexity index is 924. The molecule has 0 saturated heterocycles. The highest BCUT2D eigenvalue weighted by Crippen LogP contribution is 2.27. The van der Waals surface area contributed by atoms with Gasteiger partial charge in [0.2, 0.25) is 0 Å². The molecule has 132 valence electrons. The van der Waals surface area contributed by atoms with E-state index in [0.29, 0.717) is 36.8 Å². The van der Waals surface area contributed by atoms with E-state index in [1.165, 1.54) is 0 Å². The van der Waals surface area contributed by atoms with E-state index in [2.05, 4.69) is 5.10 Å². The Morgan fingerprint density at radius 1 is 1.19 bits per heavy atom. The molecule has 1 aliphatic rings. The molecular formula is C20H18ClN3O2. The summed E-state index contributed by atoms with van der Waals surface area (Å²) in [5.74, 6) is 0.727. The average molecular weight is 368 g/mol. The lowest BCUT2D eigenvalue weighted by Crippen LogP contribution is -2.32. The molecule has 1 amide bonds. The Kier molecular flexibility index (Phi) is 4.63. The van der Waals surface area contributed by atoms with Crippen LogP contribution in [-0.4, -0.2) is 33.7 Å². The monoisotopic (exact) mass is 367 g/mol. The quantitative estimate of drug-likeness (QED) is 0.710. The number of hydrogen-bond acceptors (Lipinski definition) is 3. The number of fused-ring (bicyclic) bond motifs is 1. The Morgan fingerprint density at radius 3 is 2.88 bits per heavy atom. The van der Waals surface area contributed by atoms with Gasteiger partial charge in [-0.1, -0.05) is 41.9 Å². The maximum absolute atomic E-state index is 12.9. The van der Waals surface area contributed by atoms with Crippen molar-refractivity contribution in [2.24, 2.45) is 0 Å². The molecule has 3 aromatic rings. The molecule has 26 heavy (non-hydrogen) atoms. The van der Waals surface area contributed by atoms with E-state index in [9.17, 15) is 4.79 Å². The van der Waals surface area contributed by atoms with Gasteiger partial charge in [0.15, 0.2) is 0 Å². The molecule has 2 aromatic carbocycles. The van der Waals surface area contributed by atoms with E-state index < -0.39 is 0 Å². The van der Waals surface area contributed by atoms with E-state index in [-0.39, 0.29) is 5.91 Å². The van der Waals surface area contributed by atoms with Gasteiger partial charge in [0.1, 0.15) is 12.4 Å². The minimum Gasteiger partial charge on any atom is -0.491 e. The number of carbonyl (C=O) groups is 1. The molecule has 6 heteroatoms. The summed E-state index contributed by atoms with van der Waals surface area (Å²) in [6.07, 6.45) is 3.41. The van der Waals surface area contributed by atoms with Crippen LogP contribution in [0.4, 0.5) is 0 Å². The minimum atomic E-state index is -0.0549. The molecule has 5 nitrogen and oxygen atoms in total. The molecule has 1 aliphatic heterocycles. The molecule has 0 atom stereocenters. The lowest BCUT2D eigenvalue weighted by Gasteiger charge is -2.19. The van der Waals surface area contributed by atoms with Crippen LogP contribution in [0.25, 0.3) is 0 Å². The number of carbonyl (C=O) groups excluding carboxylic acids is 1. The summed E-state index contributed by atoms with van der Waals surface area (Å²) in [7, 11) is 0. The van der Waals surface area contributed by atoms with Crippen LogP contribution in [0.3, 0.4) is 0 Å². The van der Waals surface area contributed by atoms with Crippen LogP contribution in [0.15, 0.2) is 60.9 Å². The molecule has 0 fully saturated rings. The molecule has 0 bridgehead atoms. The highest BCUT2D eigenvalue weighted by molar-refractivity contribution is 6.30. The van der Waals surface area contributed by atoms with Gasteiger partial charge in [-0.15, -0.1) is 0 Å². The predicted octanol–water partition coefficient (Wildman–Crippen LogP) is 3.62. The molecular weight excluding hydrogens is 350 g/mol. The van der Waals surface area contributed by atoms with Gasteiger partial charge < -0.3 is 9.64 Å². The lowest BCUT2D eigenvalue weighted by atomic mass is 10.2. The molecule has 0 saturated carbocycles. The third kappa shape index (κ3) is 3.58. The van der Waals surface area contributed by atoms with Gasteiger partial charge in [0, 0.05) is 23.3 Å². The fraction of sp³-hybridized carbons (Fsp3) is 0.200. The second kappa shape index (κ2) is 7.22. The Morgan fingerprint density at radius 2 is 2.04 bits per heavy atom. The van der Waals surface area contributed by atoms with Gasteiger partial charge in [-0.3, -0.25) is 9.48 Å². The molecule has 1 aromatic heterocycles. The largest absolute Gasteiger partial charge is 0.491 e. The third-order valence-corrected chi connectivity index (χ3v) is 4.59. The van der Waals surface area contributed by atoms with Gasteiger partial charge in [0.05, 0.1) is 24.8 Å². The lowest BCUT2D eigenvalue weighted by molar-refractivity contribution is 0.0733. The molecule has 2 heterocycles. The number of benzene rings is 2. The first-order valence-electron chi connectivity index (χ1n) is 8.46. The summed E-state index contributed by atoms with van der Waals surface area (Å²) in [6, 6.07) is 15.5. The molecule has 0 aliphatic carbocycles. The molecule has 0 radical (unpaired) electrons. The summed E-state index contributed by atoms with van der Waals surface area (Å²) in [4.78, 5) is 14.7. The maximum atomic E-state index is 12.9. The van der Waals surface area contributed by atoms with Crippen molar-refractivity contribution in [3.63, 3.8) is 0 Å². The van der Waals surface area contributed by atoms with Crippen LogP contribution in [-0.2, 0) is 13.1 Å². The first kappa shape index (κ1) is 16.7. The van der Waals surface area contributed by atoms with Crippen molar-refractivity contribution in [2.45, 2.75) is 13.1 Å². The number of aromatic nitrogens is 2. The Balaban J connectivity index is 1.51. The van der Waals surface area contributed by atoms with Gasteiger partial charge in [0.25, 0.3) is 5.91 Å². The van der Waals surface area contributed by atoms with Crippen molar-refractivity contribution in [1.29, 1.82) is 0 Å². The average Bonchev–Trinajstić information content (AvgIpc) is 3.00. The van der Waals surface area contributed by atoms with E-state index in [4.69, 9.17) is 16.3 Å². The second-order valence-corrected chi connectivity index (χ2v) is 6.68. The molecule has 0 N–H and O–H groups in total. The number of halogens is 1. The van der Waals surface area contributed by atoms with Gasteiger partial charge >= 0.3 is 0 Å². The normalized spacial score (nSPS) is 13.7. The van der Waals surface area contributed by atoms with Crippen molar-refractivity contribution in [2.75, 3.05) is 13.2 Å². The van der Waals surface area contributed by atoms with Crippen molar-refractivity contribution in [3.05, 3.63) is 82.6 Å². The summed E-state index contributed by atoms with van der Waals surface area (Å²) < 4.78 is 7.51. The summed E-state index contributed by atoms with van der Waals surface area (Å²) in [5, 5.41) is 4.96. The highest BCUT2D eigenvalue weighted by atomic mass is 35.5. The second-order valence-electron chi connectivity index (χ2n) is 6.24. The Labute approximate surface area is 156 Å². The number of ether oxygens (including phenoxy) is 1. The number of hydrogen-bond donors (Lipinski definition) is 0. The fourth-order valence-corrected chi connectivity index (χ4v) is 3.24. The van der Waals surface area contributed by atoms with Crippen LogP contribution in [0.2, 0.25) is 5.02 Å². The van der Waals surface area contributed by atoms with E-state index in [1.54, 1.807) is 28.0 Å². The fourth-order valence-electron chi connectivity index (χ4n) is 3.05.